The van der Waals surface area contributed by atoms with Gasteiger partial charge in [0.25, 0.3) is 0 Å². The molecule has 0 spiro atoms. The first-order valence-electron chi connectivity index (χ1n) is 5.89. The molecule has 0 N–H and O–H groups in total. The summed E-state index contributed by atoms with van der Waals surface area (Å²) in [4.78, 5) is 1.32. The van der Waals surface area contributed by atoms with E-state index in [-0.39, 0.29) is 4.75 Å². The molecule has 0 nitrogen and oxygen atoms in total. The standard InChI is InChI=1S/C16H18S/c1-13-9-11-15(12-10-13)17-16(2,3)14-7-5-4-6-8-14/h4-12H,1-3H3. The fourth-order valence-electron chi connectivity index (χ4n) is 1.80. The Morgan fingerprint density at radius 2 is 1.41 bits per heavy atom. The van der Waals surface area contributed by atoms with Gasteiger partial charge in [0.15, 0.2) is 0 Å². The van der Waals surface area contributed by atoms with Crippen LogP contribution < -0.4 is 0 Å². The van der Waals surface area contributed by atoms with E-state index < -0.39 is 0 Å². The number of thioether (sulfide) groups is 1. The quantitative estimate of drug-likeness (QED) is 0.681. The molecule has 1 heteroatoms. The van der Waals surface area contributed by atoms with Crippen molar-refractivity contribution in [1.82, 2.24) is 0 Å². The van der Waals surface area contributed by atoms with Crippen LogP contribution in [0, 0.1) is 6.92 Å². The molecule has 0 fully saturated rings. The first-order valence-corrected chi connectivity index (χ1v) is 6.71. The van der Waals surface area contributed by atoms with Crippen LogP contribution in [-0.2, 0) is 4.75 Å². The summed E-state index contributed by atoms with van der Waals surface area (Å²) in [5.41, 5.74) is 2.68. The second-order valence-electron chi connectivity index (χ2n) is 4.79. The molecule has 0 aliphatic rings. The zero-order chi connectivity index (χ0) is 12.3. The van der Waals surface area contributed by atoms with Crippen molar-refractivity contribution >= 4 is 11.8 Å². The minimum atomic E-state index is 0.108. The molecule has 2 aromatic rings. The maximum Gasteiger partial charge on any atom is 0.0399 e. The van der Waals surface area contributed by atoms with E-state index in [4.69, 9.17) is 0 Å². The predicted octanol–water partition coefficient (Wildman–Crippen LogP) is 5.02. The van der Waals surface area contributed by atoms with Crippen LogP contribution in [0.1, 0.15) is 25.0 Å². The summed E-state index contributed by atoms with van der Waals surface area (Å²) in [5, 5.41) is 0. The Kier molecular flexibility index (Phi) is 3.58. The summed E-state index contributed by atoms with van der Waals surface area (Å²) >= 11 is 1.91. The molecule has 0 aromatic heterocycles. The Hall–Kier alpha value is -1.21. The fraction of sp³-hybridized carbons (Fsp3) is 0.250. The van der Waals surface area contributed by atoms with Gasteiger partial charge in [-0.3, -0.25) is 0 Å². The van der Waals surface area contributed by atoms with Crippen molar-refractivity contribution in [3.8, 4) is 0 Å². The first kappa shape index (κ1) is 12.3. The van der Waals surface area contributed by atoms with Crippen molar-refractivity contribution in [2.75, 3.05) is 0 Å². The Labute approximate surface area is 108 Å². The third-order valence-corrected chi connectivity index (χ3v) is 4.12. The van der Waals surface area contributed by atoms with Crippen LogP contribution in [0.4, 0.5) is 0 Å². The summed E-state index contributed by atoms with van der Waals surface area (Å²) < 4.78 is 0.108. The molecule has 2 rings (SSSR count). The van der Waals surface area contributed by atoms with Crippen molar-refractivity contribution < 1.29 is 0 Å². The maximum atomic E-state index is 2.27. The van der Waals surface area contributed by atoms with Gasteiger partial charge in [0.05, 0.1) is 0 Å². The molecule has 0 unspecified atom stereocenters. The van der Waals surface area contributed by atoms with Crippen LogP contribution in [0.2, 0.25) is 0 Å². The molecular weight excluding hydrogens is 224 g/mol. The lowest BCUT2D eigenvalue weighted by Gasteiger charge is -2.24. The molecule has 0 aliphatic heterocycles. The molecule has 17 heavy (non-hydrogen) atoms. The molecule has 0 saturated carbocycles. The van der Waals surface area contributed by atoms with Crippen LogP contribution in [0.25, 0.3) is 0 Å². The zero-order valence-electron chi connectivity index (χ0n) is 10.6. The lowest BCUT2D eigenvalue weighted by molar-refractivity contribution is 0.782. The van der Waals surface area contributed by atoms with E-state index in [9.17, 15) is 0 Å². The smallest absolute Gasteiger partial charge is 0.0399 e. The number of rotatable bonds is 3. The van der Waals surface area contributed by atoms with Crippen LogP contribution >= 0.6 is 11.8 Å². The second-order valence-corrected chi connectivity index (χ2v) is 6.49. The molecule has 0 amide bonds. The highest BCUT2D eigenvalue weighted by atomic mass is 32.2. The van der Waals surface area contributed by atoms with Gasteiger partial charge in [-0.2, -0.15) is 0 Å². The van der Waals surface area contributed by atoms with Gasteiger partial charge in [-0.25, -0.2) is 0 Å². The molecule has 0 radical (unpaired) electrons. The Morgan fingerprint density at radius 3 is 2.00 bits per heavy atom. The van der Waals surface area contributed by atoms with E-state index in [1.165, 1.54) is 16.0 Å². The van der Waals surface area contributed by atoms with Gasteiger partial charge in [0.2, 0.25) is 0 Å². The minimum Gasteiger partial charge on any atom is -0.115 e. The molecular formula is C16H18S. The molecule has 2 aromatic carbocycles. The van der Waals surface area contributed by atoms with Crippen LogP contribution in [-0.4, -0.2) is 0 Å². The summed E-state index contributed by atoms with van der Waals surface area (Å²) in [6.07, 6.45) is 0. The lowest BCUT2D eigenvalue weighted by atomic mass is 10.0. The van der Waals surface area contributed by atoms with Crippen molar-refractivity contribution in [1.29, 1.82) is 0 Å². The van der Waals surface area contributed by atoms with Crippen LogP contribution in [0.5, 0.6) is 0 Å². The molecule has 0 aliphatic carbocycles. The molecule has 0 bridgehead atoms. The Balaban J connectivity index is 2.20. The highest BCUT2D eigenvalue weighted by Gasteiger charge is 2.21. The topological polar surface area (TPSA) is 0 Å². The largest absolute Gasteiger partial charge is 0.115 e. The zero-order valence-corrected chi connectivity index (χ0v) is 11.4. The van der Waals surface area contributed by atoms with E-state index >= 15 is 0 Å². The highest BCUT2D eigenvalue weighted by molar-refractivity contribution is 8.00. The molecule has 88 valence electrons. The third kappa shape index (κ3) is 3.13. The second kappa shape index (κ2) is 4.97. The van der Waals surface area contributed by atoms with Gasteiger partial charge < -0.3 is 0 Å². The van der Waals surface area contributed by atoms with E-state index in [0.29, 0.717) is 0 Å². The van der Waals surface area contributed by atoms with E-state index in [1.54, 1.807) is 0 Å². The first-order chi connectivity index (χ1) is 8.08. The number of hydrogen-bond acceptors (Lipinski definition) is 1. The number of hydrogen-bond donors (Lipinski definition) is 0. The average Bonchev–Trinajstić information content (AvgIpc) is 2.33. The summed E-state index contributed by atoms with van der Waals surface area (Å²) in [7, 11) is 0. The highest BCUT2D eigenvalue weighted by Crippen LogP contribution is 2.40. The van der Waals surface area contributed by atoms with Crippen LogP contribution in [0.3, 0.4) is 0 Å². The lowest BCUT2D eigenvalue weighted by Crippen LogP contribution is -2.11. The number of aryl methyl sites for hydroxylation is 1. The van der Waals surface area contributed by atoms with Crippen molar-refractivity contribution in [2.24, 2.45) is 0 Å². The molecule has 0 saturated heterocycles. The van der Waals surface area contributed by atoms with Gasteiger partial charge >= 0.3 is 0 Å². The SMILES string of the molecule is Cc1ccc(SC(C)(C)c2ccccc2)cc1. The number of benzene rings is 2. The van der Waals surface area contributed by atoms with Gasteiger partial charge in [-0.05, 0) is 38.5 Å². The summed E-state index contributed by atoms with van der Waals surface area (Å²) in [6.45, 7) is 6.66. The minimum absolute atomic E-state index is 0.108. The van der Waals surface area contributed by atoms with Gasteiger partial charge in [0, 0.05) is 9.64 Å². The Morgan fingerprint density at radius 1 is 0.824 bits per heavy atom. The van der Waals surface area contributed by atoms with E-state index in [2.05, 4.69) is 75.4 Å². The van der Waals surface area contributed by atoms with Gasteiger partial charge in [-0.1, -0.05) is 48.0 Å². The van der Waals surface area contributed by atoms with Crippen molar-refractivity contribution in [3.63, 3.8) is 0 Å². The van der Waals surface area contributed by atoms with E-state index in [0.717, 1.165) is 0 Å². The van der Waals surface area contributed by atoms with Gasteiger partial charge in [-0.15, -0.1) is 11.8 Å². The monoisotopic (exact) mass is 242 g/mol. The van der Waals surface area contributed by atoms with Crippen molar-refractivity contribution in [2.45, 2.75) is 30.4 Å². The Bertz CT molecular complexity index is 469. The third-order valence-electron chi connectivity index (χ3n) is 2.86. The van der Waals surface area contributed by atoms with Crippen molar-refractivity contribution in [3.05, 3.63) is 65.7 Å². The van der Waals surface area contributed by atoms with Gasteiger partial charge in [0.1, 0.15) is 0 Å². The fourth-order valence-corrected chi connectivity index (χ4v) is 2.91. The predicted molar refractivity (Wildman–Crippen MR) is 76.5 cm³/mol. The summed E-state index contributed by atoms with van der Waals surface area (Å²) in [6, 6.07) is 19.4. The van der Waals surface area contributed by atoms with E-state index in [1.807, 2.05) is 11.8 Å². The normalized spacial score (nSPS) is 11.5. The van der Waals surface area contributed by atoms with Crippen LogP contribution in [0.15, 0.2) is 59.5 Å². The molecule has 0 atom stereocenters. The average molecular weight is 242 g/mol. The summed E-state index contributed by atoms with van der Waals surface area (Å²) in [5.74, 6) is 0. The maximum absolute atomic E-state index is 2.27. The molecule has 0 heterocycles.